The van der Waals surface area contributed by atoms with E-state index in [4.69, 9.17) is 16.3 Å². The van der Waals surface area contributed by atoms with Gasteiger partial charge in [0.15, 0.2) is 0 Å². The number of benzene rings is 1. The van der Waals surface area contributed by atoms with Gasteiger partial charge in [-0.15, -0.1) is 0 Å². The molecule has 4 rings (SSSR count). The molecule has 0 atom stereocenters. The summed E-state index contributed by atoms with van der Waals surface area (Å²) in [5, 5.41) is 3.10. The van der Waals surface area contributed by atoms with E-state index in [1.165, 1.54) is 18.5 Å². The first-order valence-corrected chi connectivity index (χ1v) is 8.76. The van der Waals surface area contributed by atoms with Crippen molar-refractivity contribution in [2.45, 2.75) is 0 Å². The van der Waals surface area contributed by atoms with Crippen molar-refractivity contribution in [3.05, 3.63) is 54.0 Å². The molecule has 0 bridgehead atoms. The molecule has 1 aliphatic rings. The lowest BCUT2D eigenvalue weighted by atomic mass is 10.1. The van der Waals surface area contributed by atoms with Gasteiger partial charge in [0.25, 0.3) is 0 Å². The van der Waals surface area contributed by atoms with Crippen LogP contribution in [0.4, 0.5) is 21.8 Å². The fourth-order valence-electron chi connectivity index (χ4n) is 2.79. The number of halogens is 2. The molecule has 2 aromatic heterocycles. The summed E-state index contributed by atoms with van der Waals surface area (Å²) < 4.78 is 18.8. The van der Waals surface area contributed by atoms with Gasteiger partial charge in [-0.3, -0.25) is 0 Å². The summed E-state index contributed by atoms with van der Waals surface area (Å²) in [4.78, 5) is 19.4. The Bertz CT molecular complexity index is 936. The first-order valence-electron chi connectivity index (χ1n) is 8.38. The van der Waals surface area contributed by atoms with E-state index >= 15 is 0 Å². The average Bonchev–Trinajstić information content (AvgIpc) is 2.72. The van der Waals surface area contributed by atoms with E-state index in [0.29, 0.717) is 24.8 Å². The number of nitrogens with zero attached hydrogens (tertiary/aromatic N) is 5. The second kappa shape index (κ2) is 7.81. The van der Waals surface area contributed by atoms with E-state index in [9.17, 15) is 4.39 Å². The summed E-state index contributed by atoms with van der Waals surface area (Å²) in [7, 11) is 0. The topological polar surface area (TPSA) is 76.1 Å². The van der Waals surface area contributed by atoms with Gasteiger partial charge in [0, 0.05) is 48.5 Å². The third kappa shape index (κ3) is 3.96. The highest BCUT2D eigenvalue weighted by Gasteiger charge is 2.19. The summed E-state index contributed by atoms with van der Waals surface area (Å²) in [6, 6.07) is 4.37. The molecular formula is C18H16ClFN6O. The van der Waals surface area contributed by atoms with Crippen LogP contribution < -0.4 is 10.2 Å². The Kier molecular flexibility index (Phi) is 5.08. The Balaban J connectivity index is 1.70. The molecule has 138 valence electrons. The lowest BCUT2D eigenvalue weighted by molar-refractivity contribution is 0.122. The van der Waals surface area contributed by atoms with Gasteiger partial charge in [-0.1, -0.05) is 11.6 Å². The van der Waals surface area contributed by atoms with Crippen molar-refractivity contribution in [1.29, 1.82) is 0 Å². The smallest absolute Gasteiger partial charge is 0.229 e. The number of hydrogen-bond acceptors (Lipinski definition) is 7. The Morgan fingerprint density at radius 3 is 2.63 bits per heavy atom. The van der Waals surface area contributed by atoms with Gasteiger partial charge in [0.2, 0.25) is 5.95 Å². The zero-order chi connectivity index (χ0) is 18.6. The Labute approximate surface area is 160 Å². The number of nitrogens with one attached hydrogen (secondary N) is 1. The van der Waals surface area contributed by atoms with Crippen LogP contribution in [0, 0.1) is 5.82 Å². The van der Waals surface area contributed by atoms with Crippen molar-refractivity contribution < 1.29 is 9.13 Å². The van der Waals surface area contributed by atoms with Gasteiger partial charge < -0.3 is 15.0 Å². The molecule has 1 aromatic carbocycles. The zero-order valence-electron chi connectivity index (χ0n) is 14.3. The van der Waals surface area contributed by atoms with Crippen LogP contribution in [0.3, 0.4) is 0 Å². The first kappa shape index (κ1) is 17.6. The van der Waals surface area contributed by atoms with Gasteiger partial charge in [-0.05, 0) is 18.2 Å². The van der Waals surface area contributed by atoms with E-state index < -0.39 is 5.82 Å². The first-order chi connectivity index (χ1) is 13.2. The number of hydrogen-bond donors (Lipinski definition) is 1. The standard InChI is InChI=1S/C18H16ClFN6O/c19-15-7-13(1-2-16(15)20)24-18-23-10-14(12-8-21-11-22-9-12)17(25-18)26-3-5-27-6-4-26/h1-2,7-11H,3-6H2,(H,23,24,25). The fraction of sp³-hybridized carbons (Fsp3) is 0.222. The lowest BCUT2D eigenvalue weighted by Gasteiger charge is -2.29. The second-order valence-corrected chi connectivity index (χ2v) is 6.32. The van der Waals surface area contributed by atoms with Crippen LogP contribution in [0.2, 0.25) is 5.02 Å². The SMILES string of the molecule is Fc1ccc(Nc2ncc(-c3cncnc3)c(N3CCOCC3)n2)cc1Cl. The third-order valence-electron chi connectivity index (χ3n) is 4.13. The Hall–Kier alpha value is -2.84. The molecule has 0 aliphatic carbocycles. The van der Waals surface area contributed by atoms with Gasteiger partial charge in [-0.25, -0.2) is 19.3 Å². The molecule has 7 nitrogen and oxygen atoms in total. The molecule has 0 saturated carbocycles. The zero-order valence-corrected chi connectivity index (χ0v) is 15.0. The number of anilines is 3. The minimum atomic E-state index is -0.475. The molecule has 1 fully saturated rings. The van der Waals surface area contributed by atoms with Crippen molar-refractivity contribution in [2.75, 3.05) is 36.5 Å². The number of aromatic nitrogens is 4. The van der Waals surface area contributed by atoms with E-state index in [1.807, 2.05) is 0 Å². The van der Waals surface area contributed by atoms with Crippen LogP contribution in [0.15, 0.2) is 43.1 Å². The molecule has 3 heterocycles. The molecule has 0 amide bonds. The largest absolute Gasteiger partial charge is 0.378 e. The van der Waals surface area contributed by atoms with Crippen molar-refractivity contribution in [3.63, 3.8) is 0 Å². The van der Waals surface area contributed by atoms with Crippen LogP contribution >= 0.6 is 11.6 Å². The second-order valence-electron chi connectivity index (χ2n) is 5.91. The Morgan fingerprint density at radius 2 is 1.89 bits per heavy atom. The van der Waals surface area contributed by atoms with Gasteiger partial charge in [0.05, 0.1) is 18.2 Å². The van der Waals surface area contributed by atoms with Gasteiger partial charge in [-0.2, -0.15) is 4.98 Å². The highest BCUT2D eigenvalue weighted by atomic mass is 35.5. The van der Waals surface area contributed by atoms with E-state index in [0.717, 1.165) is 30.0 Å². The average molecular weight is 387 g/mol. The maximum atomic E-state index is 13.4. The lowest BCUT2D eigenvalue weighted by Crippen LogP contribution is -2.37. The van der Waals surface area contributed by atoms with Gasteiger partial charge in [0.1, 0.15) is 18.0 Å². The number of ether oxygens (including phenoxy) is 1. The summed E-state index contributed by atoms with van der Waals surface area (Å²) in [5.74, 6) is 0.676. The van der Waals surface area contributed by atoms with Crippen LogP contribution in [0.1, 0.15) is 0 Å². The summed E-state index contributed by atoms with van der Waals surface area (Å²) >= 11 is 5.85. The molecule has 1 saturated heterocycles. The van der Waals surface area contributed by atoms with Crippen LogP contribution in [0.25, 0.3) is 11.1 Å². The molecule has 0 unspecified atom stereocenters. The molecule has 9 heteroatoms. The quantitative estimate of drug-likeness (QED) is 0.737. The predicted molar refractivity (Wildman–Crippen MR) is 101 cm³/mol. The minimum absolute atomic E-state index is 0.0338. The molecule has 1 N–H and O–H groups in total. The highest BCUT2D eigenvalue weighted by Crippen LogP contribution is 2.30. The molecular weight excluding hydrogens is 371 g/mol. The van der Waals surface area contributed by atoms with E-state index in [1.54, 1.807) is 24.7 Å². The molecule has 3 aromatic rings. The van der Waals surface area contributed by atoms with Crippen LogP contribution in [-0.4, -0.2) is 46.2 Å². The summed E-state index contributed by atoms with van der Waals surface area (Å²) in [5.41, 5.74) is 2.26. The summed E-state index contributed by atoms with van der Waals surface area (Å²) in [6.45, 7) is 2.70. The van der Waals surface area contributed by atoms with Crippen molar-refractivity contribution in [2.24, 2.45) is 0 Å². The molecule has 1 aliphatic heterocycles. The summed E-state index contributed by atoms with van der Waals surface area (Å²) in [6.07, 6.45) is 6.65. The van der Waals surface area contributed by atoms with Crippen molar-refractivity contribution in [1.82, 2.24) is 19.9 Å². The highest BCUT2D eigenvalue weighted by molar-refractivity contribution is 6.31. The monoisotopic (exact) mass is 386 g/mol. The third-order valence-corrected chi connectivity index (χ3v) is 4.42. The molecule has 0 radical (unpaired) electrons. The maximum Gasteiger partial charge on any atom is 0.229 e. The normalized spacial score (nSPS) is 14.2. The number of rotatable bonds is 4. The van der Waals surface area contributed by atoms with E-state index in [2.05, 4.69) is 30.2 Å². The Morgan fingerprint density at radius 1 is 1.11 bits per heavy atom. The van der Waals surface area contributed by atoms with Gasteiger partial charge >= 0.3 is 0 Å². The minimum Gasteiger partial charge on any atom is -0.378 e. The number of morpholine rings is 1. The van der Waals surface area contributed by atoms with Crippen LogP contribution in [-0.2, 0) is 4.74 Å². The fourth-order valence-corrected chi connectivity index (χ4v) is 2.97. The van der Waals surface area contributed by atoms with Crippen LogP contribution in [0.5, 0.6) is 0 Å². The molecule has 27 heavy (non-hydrogen) atoms. The molecule has 0 spiro atoms. The maximum absolute atomic E-state index is 13.4. The van der Waals surface area contributed by atoms with Crippen molar-refractivity contribution in [3.8, 4) is 11.1 Å². The predicted octanol–water partition coefficient (Wildman–Crippen LogP) is 3.31. The van der Waals surface area contributed by atoms with Crippen molar-refractivity contribution >= 4 is 29.1 Å². The van der Waals surface area contributed by atoms with E-state index in [-0.39, 0.29) is 5.02 Å².